The molecule has 1 aliphatic heterocycles. The van der Waals surface area contributed by atoms with Gasteiger partial charge in [-0.1, -0.05) is 15.9 Å². The summed E-state index contributed by atoms with van der Waals surface area (Å²) in [6.07, 6.45) is -9.69. The molecule has 14 heteroatoms. The molecule has 0 radical (unpaired) electrons. The van der Waals surface area contributed by atoms with Crippen LogP contribution in [0.1, 0.15) is 17.5 Å². The van der Waals surface area contributed by atoms with Crippen molar-refractivity contribution in [2.75, 3.05) is 38.0 Å². The van der Waals surface area contributed by atoms with Crippen molar-refractivity contribution in [2.45, 2.75) is 23.7 Å². The van der Waals surface area contributed by atoms with Gasteiger partial charge in [0, 0.05) is 29.8 Å². The van der Waals surface area contributed by atoms with Crippen LogP contribution in [0.3, 0.4) is 0 Å². The summed E-state index contributed by atoms with van der Waals surface area (Å²) in [7, 11) is -3.77. The number of benzene rings is 2. The number of rotatable bonds is 5. The zero-order chi connectivity index (χ0) is 26.0. The lowest BCUT2D eigenvalue weighted by atomic mass is 10.1. The van der Waals surface area contributed by atoms with Crippen molar-refractivity contribution in [1.29, 1.82) is 0 Å². The highest BCUT2D eigenvalue weighted by Gasteiger charge is 2.37. The van der Waals surface area contributed by atoms with Crippen LogP contribution in [0.5, 0.6) is 0 Å². The Hall–Kier alpha value is -2.16. The van der Waals surface area contributed by atoms with E-state index in [0.29, 0.717) is 29.6 Å². The predicted molar refractivity (Wildman–Crippen MR) is 119 cm³/mol. The number of carbonyl (C=O) groups is 1. The normalized spacial score (nSPS) is 16.7. The third-order valence-electron chi connectivity index (χ3n) is 5.24. The number of amides is 1. The molecule has 1 aliphatic rings. The number of anilines is 1. The van der Waals surface area contributed by atoms with E-state index in [4.69, 9.17) is 0 Å². The minimum atomic E-state index is -5.03. The zero-order valence-electron chi connectivity index (χ0n) is 18.0. The van der Waals surface area contributed by atoms with Gasteiger partial charge in [0.05, 0.1) is 22.6 Å². The number of nitrogens with zero attached hydrogens (tertiary/aromatic N) is 2. The first kappa shape index (κ1) is 27.4. The van der Waals surface area contributed by atoms with E-state index in [1.807, 2.05) is 0 Å². The minimum Gasteiger partial charge on any atom is -0.325 e. The van der Waals surface area contributed by atoms with Crippen molar-refractivity contribution in [1.82, 2.24) is 9.21 Å². The van der Waals surface area contributed by atoms with Gasteiger partial charge in [-0.05, 0) is 55.4 Å². The van der Waals surface area contributed by atoms with Crippen LogP contribution in [-0.4, -0.2) is 56.3 Å². The second-order valence-corrected chi connectivity index (χ2v) is 10.7. The third kappa shape index (κ3) is 7.18. The second-order valence-electron chi connectivity index (χ2n) is 7.83. The molecule has 192 valence electrons. The van der Waals surface area contributed by atoms with Gasteiger partial charge in [-0.25, -0.2) is 8.42 Å². The van der Waals surface area contributed by atoms with Gasteiger partial charge in [-0.3, -0.25) is 9.69 Å². The van der Waals surface area contributed by atoms with E-state index < -0.39 is 45.1 Å². The summed E-state index contributed by atoms with van der Waals surface area (Å²) in [5.74, 6) is -0.818. The molecule has 1 fully saturated rings. The highest BCUT2D eigenvalue weighted by Crippen LogP contribution is 2.37. The molecule has 1 heterocycles. The van der Waals surface area contributed by atoms with Crippen molar-refractivity contribution >= 4 is 37.5 Å². The van der Waals surface area contributed by atoms with E-state index in [1.54, 1.807) is 17.0 Å². The summed E-state index contributed by atoms with van der Waals surface area (Å²) >= 11 is 3.24. The van der Waals surface area contributed by atoms with Crippen LogP contribution in [0, 0.1) is 0 Å². The Morgan fingerprint density at radius 1 is 0.886 bits per heavy atom. The van der Waals surface area contributed by atoms with Crippen molar-refractivity contribution in [3.8, 4) is 0 Å². The molecular formula is C21H20BrF6N3O3S. The Morgan fingerprint density at radius 2 is 1.46 bits per heavy atom. The first-order valence-corrected chi connectivity index (χ1v) is 12.5. The molecular weight excluding hydrogens is 568 g/mol. The van der Waals surface area contributed by atoms with Gasteiger partial charge in [-0.2, -0.15) is 30.6 Å². The molecule has 3 rings (SSSR count). The first-order valence-electron chi connectivity index (χ1n) is 10.2. The largest absolute Gasteiger partial charge is 0.416 e. The van der Waals surface area contributed by atoms with Crippen molar-refractivity contribution < 1.29 is 39.6 Å². The SMILES string of the molecule is O=C(CN1CCCN(S(=O)(=O)c2ccc(Br)cc2)CC1)Nc1cc(C(F)(F)F)cc(C(F)(F)F)c1. The molecule has 0 aliphatic carbocycles. The fraction of sp³-hybridized carbons (Fsp3) is 0.381. The Balaban J connectivity index is 1.67. The van der Waals surface area contributed by atoms with Gasteiger partial charge in [0.25, 0.3) is 0 Å². The lowest BCUT2D eigenvalue weighted by Gasteiger charge is -2.21. The Kier molecular flexibility index (Phi) is 8.19. The summed E-state index contributed by atoms with van der Waals surface area (Å²) < 4.78 is 106. The van der Waals surface area contributed by atoms with Crippen LogP contribution in [-0.2, 0) is 27.2 Å². The fourth-order valence-corrected chi connectivity index (χ4v) is 5.27. The van der Waals surface area contributed by atoms with Gasteiger partial charge < -0.3 is 5.32 Å². The Morgan fingerprint density at radius 3 is 2.00 bits per heavy atom. The number of halogens is 7. The first-order chi connectivity index (χ1) is 16.2. The standard InChI is InChI=1S/C21H20BrF6N3O3S/c22-16-2-4-18(5-3-16)35(33,34)31-7-1-6-30(8-9-31)13-19(32)29-17-11-14(20(23,24)25)10-15(12-17)21(26,27)28/h2-5,10-12H,1,6-9,13H2,(H,29,32). The molecule has 2 aromatic carbocycles. The number of hydrogen-bond acceptors (Lipinski definition) is 4. The molecule has 1 N–H and O–H groups in total. The molecule has 2 aromatic rings. The van der Waals surface area contributed by atoms with Gasteiger partial charge in [0.2, 0.25) is 15.9 Å². The van der Waals surface area contributed by atoms with Crippen LogP contribution in [0.2, 0.25) is 0 Å². The summed E-state index contributed by atoms with van der Waals surface area (Å²) in [6, 6.07) is 6.95. The average Bonchev–Trinajstić information content (AvgIpc) is 2.98. The number of alkyl halides is 6. The van der Waals surface area contributed by atoms with Crippen LogP contribution in [0.25, 0.3) is 0 Å². The quantitative estimate of drug-likeness (QED) is 0.509. The number of nitrogens with one attached hydrogen (secondary N) is 1. The topological polar surface area (TPSA) is 69.7 Å². The lowest BCUT2D eigenvalue weighted by molar-refractivity contribution is -0.143. The smallest absolute Gasteiger partial charge is 0.325 e. The highest BCUT2D eigenvalue weighted by atomic mass is 79.9. The monoisotopic (exact) mass is 587 g/mol. The van der Waals surface area contributed by atoms with Gasteiger partial charge in [-0.15, -0.1) is 0 Å². The number of sulfonamides is 1. The van der Waals surface area contributed by atoms with Gasteiger partial charge in [0.1, 0.15) is 0 Å². The summed E-state index contributed by atoms with van der Waals surface area (Å²) in [5.41, 5.74) is -3.70. The van der Waals surface area contributed by atoms with Crippen LogP contribution in [0.4, 0.5) is 32.0 Å². The van der Waals surface area contributed by atoms with E-state index in [9.17, 15) is 39.6 Å². The summed E-state index contributed by atoms with van der Waals surface area (Å²) in [5, 5.41) is 2.09. The molecule has 0 spiro atoms. The molecule has 0 aromatic heterocycles. The second kappa shape index (κ2) is 10.4. The van der Waals surface area contributed by atoms with E-state index in [2.05, 4.69) is 21.2 Å². The molecule has 6 nitrogen and oxygen atoms in total. The summed E-state index contributed by atoms with van der Waals surface area (Å²) in [4.78, 5) is 14.1. The molecule has 0 bridgehead atoms. The molecule has 35 heavy (non-hydrogen) atoms. The van der Waals surface area contributed by atoms with Crippen LogP contribution in [0.15, 0.2) is 51.8 Å². The lowest BCUT2D eigenvalue weighted by Crippen LogP contribution is -2.38. The predicted octanol–water partition coefficient (Wildman–Crippen LogP) is 4.82. The van der Waals surface area contributed by atoms with Crippen LogP contribution >= 0.6 is 15.9 Å². The molecule has 1 amide bonds. The fourth-order valence-electron chi connectivity index (χ4n) is 3.53. The minimum absolute atomic E-state index is 0.0229. The Labute approximate surface area is 206 Å². The number of carbonyl (C=O) groups excluding carboxylic acids is 1. The van der Waals surface area contributed by atoms with Gasteiger partial charge >= 0.3 is 12.4 Å². The third-order valence-corrected chi connectivity index (χ3v) is 7.68. The number of hydrogen-bond donors (Lipinski definition) is 1. The van der Waals surface area contributed by atoms with Crippen molar-refractivity contribution in [3.05, 3.63) is 58.1 Å². The summed E-state index contributed by atoms with van der Waals surface area (Å²) in [6.45, 7) is 0.395. The molecule has 0 saturated carbocycles. The van der Waals surface area contributed by atoms with Crippen molar-refractivity contribution in [2.24, 2.45) is 0 Å². The maximum atomic E-state index is 13.0. The highest BCUT2D eigenvalue weighted by molar-refractivity contribution is 9.10. The van der Waals surface area contributed by atoms with E-state index >= 15 is 0 Å². The maximum absolute atomic E-state index is 13.0. The molecule has 0 unspecified atom stereocenters. The average molecular weight is 588 g/mol. The molecule has 1 saturated heterocycles. The molecule has 0 atom stereocenters. The maximum Gasteiger partial charge on any atom is 0.416 e. The zero-order valence-corrected chi connectivity index (χ0v) is 20.4. The Bertz CT molecular complexity index is 1140. The van der Waals surface area contributed by atoms with E-state index in [0.717, 1.165) is 0 Å². The van der Waals surface area contributed by atoms with Gasteiger partial charge in [0.15, 0.2) is 0 Å². The van der Waals surface area contributed by atoms with E-state index in [1.165, 1.54) is 16.4 Å². The van der Waals surface area contributed by atoms with Crippen LogP contribution < -0.4 is 5.32 Å². The van der Waals surface area contributed by atoms with Crippen molar-refractivity contribution in [3.63, 3.8) is 0 Å². The van der Waals surface area contributed by atoms with E-state index in [-0.39, 0.29) is 37.1 Å².